The van der Waals surface area contributed by atoms with Crippen molar-refractivity contribution >= 4 is 11.5 Å². The SMILES string of the molecule is COc1ccc(C2=CC(=O)N3C=C(N4C[C@@H](C)N[C@@H](C)C4)C=C/C3=C\C=C2)cc1OC. The van der Waals surface area contributed by atoms with Gasteiger partial charge in [0.15, 0.2) is 11.5 Å². The fraction of sp³-hybridized carbons (Fsp3) is 0.320. The maximum Gasteiger partial charge on any atom is 0.255 e. The number of amides is 1. The first-order chi connectivity index (χ1) is 15.0. The summed E-state index contributed by atoms with van der Waals surface area (Å²) in [5, 5.41) is 3.55. The van der Waals surface area contributed by atoms with Crippen molar-refractivity contribution in [1.82, 2.24) is 15.1 Å². The van der Waals surface area contributed by atoms with Gasteiger partial charge in [0, 0.05) is 43.1 Å². The number of benzene rings is 1. The van der Waals surface area contributed by atoms with Crippen molar-refractivity contribution in [2.24, 2.45) is 0 Å². The molecule has 31 heavy (non-hydrogen) atoms. The molecule has 1 amide bonds. The number of hydrogen-bond donors (Lipinski definition) is 1. The van der Waals surface area contributed by atoms with E-state index in [4.69, 9.17) is 9.47 Å². The molecule has 6 nitrogen and oxygen atoms in total. The van der Waals surface area contributed by atoms with Crippen molar-refractivity contribution in [1.29, 1.82) is 0 Å². The Bertz CT molecular complexity index is 1010. The fourth-order valence-corrected chi connectivity index (χ4v) is 4.25. The van der Waals surface area contributed by atoms with E-state index in [1.54, 1.807) is 25.2 Å². The van der Waals surface area contributed by atoms with Crippen LogP contribution in [-0.4, -0.2) is 55.1 Å². The lowest BCUT2D eigenvalue weighted by Gasteiger charge is -2.39. The van der Waals surface area contributed by atoms with Gasteiger partial charge in [-0.2, -0.15) is 0 Å². The summed E-state index contributed by atoms with van der Waals surface area (Å²) >= 11 is 0. The lowest BCUT2D eigenvalue weighted by Crippen LogP contribution is -2.53. The van der Waals surface area contributed by atoms with Crippen LogP contribution in [-0.2, 0) is 4.79 Å². The Morgan fingerprint density at radius 3 is 2.39 bits per heavy atom. The number of ether oxygens (including phenoxy) is 2. The molecule has 0 unspecified atom stereocenters. The van der Waals surface area contributed by atoms with Crippen molar-refractivity contribution in [2.45, 2.75) is 25.9 Å². The summed E-state index contributed by atoms with van der Waals surface area (Å²) in [6, 6.07) is 6.46. The highest BCUT2D eigenvalue weighted by molar-refractivity contribution is 6.00. The van der Waals surface area contributed by atoms with E-state index in [1.807, 2.05) is 48.7 Å². The maximum atomic E-state index is 13.2. The zero-order valence-corrected chi connectivity index (χ0v) is 18.5. The van der Waals surface area contributed by atoms with Gasteiger partial charge in [-0.25, -0.2) is 0 Å². The van der Waals surface area contributed by atoms with Crippen LogP contribution in [0.25, 0.3) is 5.57 Å². The van der Waals surface area contributed by atoms with E-state index in [0.29, 0.717) is 23.6 Å². The van der Waals surface area contributed by atoms with Gasteiger partial charge < -0.3 is 19.7 Å². The van der Waals surface area contributed by atoms with Crippen LogP contribution in [0.15, 0.2) is 72.2 Å². The third kappa shape index (κ3) is 4.44. The predicted octanol–water partition coefficient (Wildman–Crippen LogP) is 3.46. The summed E-state index contributed by atoms with van der Waals surface area (Å²) in [7, 11) is 3.21. The van der Waals surface area contributed by atoms with E-state index < -0.39 is 0 Å². The minimum absolute atomic E-state index is 0.0848. The average molecular weight is 420 g/mol. The van der Waals surface area contributed by atoms with Gasteiger partial charge in [-0.05, 0) is 55.3 Å². The van der Waals surface area contributed by atoms with Gasteiger partial charge in [-0.1, -0.05) is 18.2 Å². The first-order valence-electron chi connectivity index (χ1n) is 10.5. The highest BCUT2D eigenvalue weighted by Gasteiger charge is 2.25. The molecule has 1 aromatic rings. The molecule has 1 aromatic carbocycles. The Morgan fingerprint density at radius 1 is 0.968 bits per heavy atom. The summed E-state index contributed by atoms with van der Waals surface area (Å²) in [6.07, 6.45) is 13.6. The van der Waals surface area contributed by atoms with Crippen LogP contribution in [0.2, 0.25) is 0 Å². The van der Waals surface area contributed by atoms with E-state index in [1.165, 1.54) is 0 Å². The highest BCUT2D eigenvalue weighted by Crippen LogP contribution is 2.32. The third-order valence-corrected chi connectivity index (χ3v) is 5.66. The summed E-state index contributed by atoms with van der Waals surface area (Å²) in [4.78, 5) is 17.3. The van der Waals surface area contributed by atoms with E-state index in [0.717, 1.165) is 35.6 Å². The van der Waals surface area contributed by atoms with Crippen LogP contribution in [0, 0.1) is 0 Å². The quantitative estimate of drug-likeness (QED) is 0.810. The highest BCUT2D eigenvalue weighted by atomic mass is 16.5. The molecule has 4 rings (SSSR count). The van der Waals surface area contributed by atoms with Gasteiger partial charge in [0.2, 0.25) is 0 Å². The Kier molecular flexibility index (Phi) is 6.00. The van der Waals surface area contributed by atoms with Crippen LogP contribution < -0.4 is 14.8 Å². The van der Waals surface area contributed by atoms with Gasteiger partial charge in [0.1, 0.15) is 0 Å². The summed E-state index contributed by atoms with van der Waals surface area (Å²) in [6.45, 7) is 6.19. The number of nitrogens with one attached hydrogen (secondary N) is 1. The number of carbonyl (C=O) groups excluding carboxylic acids is 1. The monoisotopic (exact) mass is 419 g/mol. The zero-order chi connectivity index (χ0) is 22.0. The molecule has 1 N–H and O–H groups in total. The fourth-order valence-electron chi connectivity index (χ4n) is 4.25. The van der Waals surface area contributed by atoms with Crippen molar-refractivity contribution < 1.29 is 14.3 Å². The third-order valence-electron chi connectivity index (χ3n) is 5.66. The summed E-state index contributed by atoms with van der Waals surface area (Å²) < 4.78 is 10.7. The topological polar surface area (TPSA) is 54.0 Å². The normalized spacial score (nSPS) is 25.0. The van der Waals surface area contributed by atoms with Crippen LogP contribution >= 0.6 is 0 Å². The molecule has 0 spiro atoms. The van der Waals surface area contributed by atoms with Crippen molar-refractivity contribution in [3.05, 3.63) is 77.8 Å². The second-order valence-electron chi connectivity index (χ2n) is 8.09. The molecule has 0 radical (unpaired) electrons. The standard InChI is InChI=1S/C25H29N3O3/c1-17-14-27(15-18(2)26-17)22-10-9-21-7-5-6-19(13-25(29)28(21)16-22)20-8-11-23(30-3)24(12-20)31-4/h5-13,16-18,26H,14-15H2,1-4H3/b6-5?,19-13?,21-7+/t17-,18+. The lowest BCUT2D eigenvalue weighted by molar-refractivity contribution is -0.122. The zero-order valence-electron chi connectivity index (χ0n) is 18.5. The number of rotatable bonds is 4. The Hall–Kier alpha value is -3.25. The largest absolute Gasteiger partial charge is 0.493 e. The molecule has 0 aliphatic carbocycles. The molecule has 162 valence electrons. The van der Waals surface area contributed by atoms with Gasteiger partial charge in [-0.15, -0.1) is 0 Å². The second kappa shape index (κ2) is 8.86. The molecule has 0 saturated carbocycles. The lowest BCUT2D eigenvalue weighted by atomic mass is 10.0. The predicted molar refractivity (Wildman–Crippen MR) is 122 cm³/mol. The van der Waals surface area contributed by atoms with Crippen LogP contribution in [0.4, 0.5) is 0 Å². The van der Waals surface area contributed by atoms with Crippen LogP contribution in [0.3, 0.4) is 0 Å². The van der Waals surface area contributed by atoms with Gasteiger partial charge >= 0.3 is 0 Å². The first kappa shape index (κ1) is 21.0. The van der Waals surface area contributed by atoms with E-state index >= 15 is 0 Å². The molecular weight excluding hydrogens is 390 g/mol. The minimum Gasteiger partial charge on any atom is -0.493 e. The molecule has 3 aliphatic rings. The molecular formula is C25H29N3O3. The molecule has 1 fully saturated rings. The molecule has 3 heterocycles. The summed E-state index contributed by atoms with van der Waals surface area (Å²) in [5.74, 6) is 1.20. The molecule has 2 atom stereocenters. The minimum atomic E-state index is -0.0848. The van der Waals surface area contributed by atoms with Crippen molar-refractivity contribution in [2.75, 3.05) is 27.3 Å². The molecule has 1 saturated heterocycles. The Labute approximate surface area is 183 Å². The summed E-state index contributed by atoms with van der Waals surface area (Å²) in [5.41, 5.74) is 3.61. The van der Waals surface area contributed by atoms with Gasteiger partial charge in [0.25, 0.3) is 5.91 Å². The number of hydrogen-bond acceptors (Lipinski definition) is 5. The number of methoxy groups -OCH3 is 2. The molecule has 3 aliphatic heterocycles. The molecule has 0 aromatic heterocycles. The Balaban J connectivity index is 1.64. The van der Waals surface area contributed by atoms with Crippen molar-refractivity contribution in [3.63, 3.8) is 0 Å². The number of carbonyl (C=O) groups is 1. The number of piperazine rings is 1. The van der Waals surface area contributed by atoms with Crippen LogP contribution in [0.5, 0.6) is 11.5 Å². The van der Waals surface area contributed by atoms with Crippen LogP contribution in [0.1, 0.15) is 19.4 Å². The second-order valence-corrected chi connectivity index (χ2v) is 8.09. The molecule has 6 heteroatoms. The smallest absolute Gasteiger partial charge is 0.255 e. The van der Waals surface area contributed by atoms with E-state index in [9.17, 15) is 4.79 Å². The first-order valence-corrected chi connectivity index (χ1v) is 10.5. The van der Waals surface area contributed by atoms with E-state index in [2.05, 4.69) is 30.1 Å². The van der Waals surface area contributed by atoms with Crippen molar-refractivity contribution in [3.8, 4) is 11.5 Å². The van der Waals surface area contributed by atoms with E-state index in [-0.39, 0.29) is 5.91 Å². The number of nitrogens with zero attached hydrogens (tertiary/aromatic N) is 2. The number of allylic oxidation sites excluding steroid dienone is 6. The maximum absolute atomic E-state index is 13.2. The molecule has 0 bridgehead atoms. The van der Waals surface area contributed by atoms with Gasteiger partial charge in [-0.3, -0.25) is 9.69 Å². The van der Waals surface area contributed by atoms with Gasteiger partial charge in [0.05, 0.1) is 19.9 Å². The number of fused-ring (bicyclic) bond motifs is 1. The average Bonchev–Trinajstić information content (AvgIpc) is 2.76. The Morgan fingerprint density at radius 2 is 1.68 bits per heavy atom.